The van der Waals surface area contributed by atoms with Crippen LogP contribution in [0.15, 0.2) is 54.6 Å². The van der Waals surface area contributed by atoms with Crippen molar-refractivity contribution in [3.05, 3.63) is 60.2 Å². The average Bonchev–Trinajstić information content (AvgIpc) is 2.76. The highest BCUT2D eigenvalue weighted by Crippen LogP contribution is 2.59. The highest BCUT2D eigenvalue weighted by molar-refractivity contribution is 5.94. The van der Waals surface area contributed by atoms with Crippen LogP contribution in [0.1, 0.15) is 48.9 Å². The van der Waals surface area contributed by atoms with E-state index in [2.05, 4.69) is 5.32 Å². The number of hydrogen-bond donors (Lipinski definition) is 1. The van der Waals surface area contributed by atoms with Crippen LogP contribution in [-0.2, 0) is 9.53 Å². The van der Waals surface area contributed by atoms with Gasteiger partial charge in [-0.2, -0.15) is 0 Å². The number of para-hydroxylation sites is 2. The van der Waals surface area contributed by atoms with Gasteiger partial charge in [-0.25, -0.2) is 4.79 Å². The Hall–Kier alpha value is -2.82. The third-order valence-electron chi connectivity index (χ3n) is 7.24. The summed E-state index contributed by atoms with van der Waals surface area (Å²) in [5.74, 6) is 2.80. The van der Waals surface area contributed by atoms with E-state index in [1.54, 1.807) is 24.3 Å². The van der Waals surface area contributed by atoms with Gasteiger partial charge in [-0.3, -0.25) is 4.79 Å². The second-order valence-electron chi connectivity index (χ2n) is 9.68. The first-order valence-electron chi connectivity index (χ1n) is 11.3. The highest BCUT2D eigenvalue weighted by atomic mass is 16.5. The summed E-state index contributed by atoms with van der Waals surface area (Å²) < 4.78 is 11.1. The van der Waals surface area contributed by atoms with Gasteiger partial charge in [0.05, 0.1) is 0 Å². The molecule has 0 radical (unpaired) electrons. The Morgan fingerprint density at radius 3 is 2.16 bits per heavy atom. The van der Waals surface area contributed by atoms with Crippen LogP contribution < -0.4 is 10.1 Å². The molecular weight excluding hydrogens is 390 g/mol. The Morgan fingerprint density at radius 2 is 1.48 bits per heavy atom. The Kier molecular flexibility index (Phi) is 5.43. The second-order valence-corrected chi connectivity index (χ2v) is 9.68. The fourth-order valence-corrected chi connectivity index (χ4v) is 6.39. The SMILES string of the molecule is O=C(COC(=O)c1ccccc1Oc1ccccc1)NCC12CC3CC(CC(C3)C1)C2. The minimum Gasteiger partial charge on any atom is -0.456 e. The quantitative estimate of drug-likeness (QED) is 0.644. The summed E-state index contributed by atoms with van der Waals surface area (Å²) in [5, 5.41) is 3.05. The molecular formula is C26H29NO4. The summed E-state index contributed by atoms with van der Waals surface area (Å²) >= 11 is 0. The van der Waals surface area contributed by atoms with Gasteiger partial charge in [0.25, 0.3) is 5.91 Å². The summed E-state index contributed by atoms with van der Waals surface area (Å²) in [7, 11) is 0. The molecule has 0 aliphatic heterocycles. The first kappa shape index (κ1) is 20.1. The summed E-state index contributed by atoms with van der Waals surface area (Å²) in [4.78, 5) is 25.0. The van der Waals surface area contributed by atoms with E-state index in [0.717, 1.165) is 17.8 Å². The molecule has 0 spiro atoms. The van der Waals surface area contributed by atoms with E-state index in [1.165, 1.54) is 38.5 Å². The molecule has 31 heavy (non-hydrogen) atoms. The topological polar surface area (TPSA) is 64.6 Å². The number of hydrogen-bond acceptors (Lipinski definition) is 4. The van der Waals surface area contributed by atoms with E-state index in [4.69, 9.17) is 9.47 Å². The number of rotatable bonds is 7. The van der Waals surface area contributed by atoms with E-state index >= 15 is 0 Å². The molecule has 5 heteroatoms. The smallest absolute Gasteiger partial charge is 0.342 e. The van der Waals surface area contributed by atoms with Crippen molar-refractivity contribution in [3.63, 3.8) is 0 Å². The number of esters is 1. The Morgan fingerprint density at radius 1 is 0.871 bits per heavy atom. The van der Waals surface area contributed by atoms with Gasteiger partial charge in [0.1, 0.15) is 17.1 Å². The van der Waals surface area contributed by atoms with Crippen molar-refractivity contribution in [2.24, 2.45) is 23.2 Å². The largest absolute Gasteiger partial charge is 0.456 e. The van der Waals surface area contributed by atoms with Crippen LogP contribution >= 0.6 is 0 Å². The molecule has 4 bridgehead atoms. The summed E-state index contributed by atoms with van der Waals surface area (Å²) in [6.07, 6.45) is 7.87. The lowest BCUT2D eigenvalue weighted by Gasteiger charge is -2.56. The molecule has 162 valence electrons. The van der Waals surface area contributed by atoms with Gasteiger partial charge in [-0.1, -0.05) is 30.3 Å². The molecule has 2 aromatic carbocycles. The van der Waals surface area contributed by atoms with Gasteiger partial charge in [0, 0.05) is 6.54 Å². The van der Waals surface area contributed by atoms with Crippen molar-refractivity contribution in [2.75, 3.05) is 13.2 Å². The van der Waals surface area contributed by atoms with E-state index in [-0.39, 0.29) is 17.9 Å². The van der Waals surface area contributed by atoms with E-state index in [1.807, 2.05) is 30.3 Å². The van der Waals surface area contributed by atoms with Crippen LogP contribution in [0, 0.1) is 23.2 Å². The van der Waals surface area contributed by atoms with Crippen molar-refractivity contribution in [1.82, 2.24) is 5.32 Å². The Bertz CT molecular complexity index is 920. The third kappa shape index (κ3) is 4.46. The molecule has 4 aliphatic carbocycles. The summed E-state index contributed by atoms with van der Waals surface area (Å²) in [6.45, 7) is 0.436. The van der Waals surface area contributed by atoms with Crippen molar-refractivity contribution in [1.29, 1.82) is 0 Å². The van der Waals surface area contributed by atoms with Gasteiger partial charge in [-0.15, -0.1) is 0 Å². The lowest BCUT2D eigenvalue weighted by Crippen LogP contribution is -2.51. The lowest BCUT2D eigenvalue weighted by molar-refractivity contribution is -0.126. The predicted molar refractivity (Wildman–Crippen MR) is 117 cm³/mol. The fraction of sp³-hybridized carbons (Fsp3) is 0.462. The standard InChI is InChI=1S/C26H29NO4/c28-24(27-17-26-13-18-10-19(14-26)12-20(11-18)15-26)16-30-25(29)22-8-4-5-9-23(22)31-21-6-2-1-3-7-21/h1-9,18-20H,10-17H2,(H,27,28). The average molecular weight is 420 g/mol. The third-order valence-corrected chi connectivity index (χ3v) is 7.24. The zero-order valence-electron chi connectivity index (χ0n) is 17.7. The molecule has 4 saturated carbocycles. The maximum atomic E-state index is 12.6. The number of benzene rings is 2. The molecule has 0 heterocycles. The minimum absolute atomic E-state index is 0.231. The van der Waals surface area contributed by atoms with Crippen molar-refractivity contribution in [2.45, 2.75) is 38.5 Å². The number of amides is 1. The number of carbonyl (C=O) groups is 2. The van der Waals surface area contributed by atoms with Crippen LogP contribution in [-0.4, -0.2) is 25.0 Å². The van der Waals surface area contributed by atoms with Crippen molar-refractivity contribution >= 4 is 11.9 Å². The molecule has 5 nitrogen and oxygen atoms in total. The van der Waals surface area contributed by atoms with Gasteiger partial charge in [-0.05, 0) is 86.0 Å². The van der Waals surface area contributed by atoms with Gasteiger partial charge in [0.2, 0.25) is 0 Å². The molecule has 0 atom stereocenters. The zero-order valence-corrected chi connectivity index (χ0v) is 17.7. The monoisotopic (exact) mass is 419 g/mol. The molecule has 2 aromatic rings. The minimum atomic E-state index is -0.559. The highest BCUT2D eigenvalue weighted by Gasteiger charge is 2.50. The van der Waals surface area contributed by atoms with E-state index < -0.39 is 5.97 Å². The normalized spacial score (nSPS) is 28.2. The number of ether oxygens (including phenoxy) is 2. The van der Waals surface area contributed by atoms with Crippen molar-refractivity contribution < 1.29 is 19.1 Å². The summed E-state index contributed by atoms with van der Waals surface area (Å²) in [6, 6.07) is 16.2. The van der Waals surface area contributed by atoms with Crippen LogP contribution in [0.5, 0.6) is 11.5 Å². The molecule has 1 amide bonds. The van der Waals surface area contributed by atoms with Crippen LogP contribution in [0.25, 0.3) is 0 Å². The maximum absolute atomic E-state index is 12.6. The second kappa shape index (κ2) is 8.37. The fourth-order valence-electron chi connectivity index (χ4n) is 6.39. The van der Waals surface area contributed by atoms with Crippen LogP contribution in [0.4, 0.5) is 0 Å². The molecule has 6 rings (SSSR count). The Labute approximate surface area is 183 Å². The first-order chi connectivity index (χ1) is 15.1. The zero-order chi connectivity index (χ0) is 21.3. The molecule has 4 fully saturated rings. The molecule has 4 aliphatic rings. The van der Waals surface area contributed by atoms with Crippen molar-refractivity contribution in [3.8, 4) is 11.5 Å². The van der Waals surface area contributed by atoms with E-state index in [9.17, 15) is 9.59 Å². The van der Waals surface area contributed by atoms with Gasteiger partial charge < -0.3 is 14.8 Å². The van der Waals surface area contributed by atoms with Crippen LogP contribution in [0.3, 0.4) is 0 Å². The number of nitrogens with one attached hydrogen (secondary N) is 1. The molecule has 0 aromatic heterocycles. The maximum Gasteiger partial charge on any atom is 0.342 e. The summed E-state index contributed by atoms with van der Waals surface area (Å²) in [5.41, 5.74) is 0.574. The first-order valence-corrected chi connectivity index (χ1v) is 11.3. The van der Waals surface area contributed by atoms with Gasteiger partial charge >= 0.3 is 5.97 Å². The molecule has 0 unspecified atom stereocenters. The van der Waals surface area contributed by atoms with E-state index in [0.29, 0.717) is 23.6 Å². The lowest BCUT2D eigenvalue weighted by atomic mass is 9.49. The Balaban J connectivity index is 1.15. The van der Waals surface area contributed by atoms with Gasteiger partial charge in [0.15, 0.2) is 6.61 Å². The molecule has 1 N–H and O–H groups in total. The van der Waals surface area contributed by atoms with Crippen LogP contribution in [0.2, 0.25) is 0 Å². The number of carbonyl (C=O) groups excluding carboxylic acids is 2. The predicted octanol–water partition coefficient (Wildman–Crippen LogP) is 4.97. The molecule has 0 saturated heterocycles.